The average molecular weight is 367 g/mol. The Balaban J connectivity index is 3.67. The number of hydrogen-bond donors (Lipinski definition) is 2. The molecule has 25 heavy (non-hydrogen) atoms. The van der Waals surface area contributed by atoms with Gasteiger partial charge in [0.2, 0.25) is 5.82 Å². The molecule has 138 valence electrons. The van der Waals surface area contributed by atoms with E-state index >= 15 is 0 Å². The summed E-state index contributed by atoms with van der Waals surface area (Å²) in [6, 6.07) is -0.770. The second-order valence-corrected chi connectivity index (χ2v) is 4.74. The smallest absolute Gasteiger partial charge is 0.343 e. The summed E-state index contributed by atoms with van der Waals surface area (Å²) in [5, 5.41) is 18.8. The van der Waals surface area contributed by atoms with Gasteiger partial charge < -0.3 is 14.9 Å². The number of aliphatic imine (C=N–C) groups is 1. The predicted octanol–water partition coefficient (Wildman–Crippen LogP) is 2.67. The molecule has 10 heteroatoms. The molecule has 0 saturated heterocycles. The standard InChI is InChI=1S/C15H14F5NO4/c1-3-25-15(24)7(4-21-6(2)5-22)14(23)8-9(16)11(18)13(20)12(19)10(8)17/h4,6,22-23H,3,5H2,1-2H3. The van der Waals surface area contributed by atoms with Crippen molar-refractivity contribution in [3.05, 3.63) is 40.2 Å². The summed E-state index contributed by atoms with van der Waals surface area (Å²) in [4.78, 5) is 15.4. The molecule has 1 unspecified atom stereocenters. The number of nitrogens with zero attached hydrogens (tertiary/aromatic N) is 1. The minimum Gasteiger partial charge on any atom is -0.506 e. The van der Waals surface area contributed by atoms with Gasteiger partial charge in [0, 0.05) is 6.21 Å². The molecular formula is C15H14F5NO4. The summed E-state index contributed by atoms with van der Waals surface area (Å²) in [6.07, 6.45) is 0.617. The van der Waals surface area contributed by atoms with Gasteiger partial charge in [-0.3, -0.25) is 4.99 Å². The summed E-state index contributed by atoms with van der Waals surface area (Å²) in [5.74, 6) is -14.5. The van der Waals surface area contributed by atoms with Crippen molar-refractivity contribution in [1.29, 1.82) is 0 Å². The highest BCUT2D eigenvalue weighted by Crippen LogP contribution is 2.29. The van der Waals surface area contributed by atoms with Crippen LogP contribution in [0.1, 0.15) is 19.4 Å². The Morgan fingerprint density at radius 3 is 2.04 bits per heavy atom. The quantitative estimate of drug-likeness (QED) is 0.154. The maximum atomic E-state index is 13.8. The first-order valence-electron chi connectivity index (χ1n) is 6.93. The molecule has 1 rings (SSSR count). The van der Waals surface area contributed by atoms with E-state index in [2.05, 4.69) is 9.73 Å². The molecule has 0 aromatic heterocycles. The summed E-state index contributed by atoms with van der Waals surface area (Å²) in [5.41, 5.74) is -2.63. The topological polar surface area (TPSA) is 79.1 Å². The van der Waals surface area contributed by atoms with E-state index in [1.807, 2.05) is 0 Å². The van der Waals surface area contributed by atoms with Crippen LogP contribution in [0.15, 0.2) is 10.6 Å². The Morgan fingerprint density at radius 1 is 1.12 bits per heavy atom. The Bertz CT molecular complexity index is 704. The lowest BCUT2D eigenvalue weighted by atomic mass is 10.1. The number of rotatable bonds is 6. The van der Waals surface area contributed by atoms with E-state index in [-0.39, 0.29) is 6.61 Å². The lowest BCUT2D eigenvalue weighted by molar-refractivity contribution is -0.137. The van der Waals surface area contributed by atoms with Crippen LogP contribution in [0.5, 0.6) is 0 Å². The molecule has 0 radical (unpaired) electrons. The second-order valence-electron chi connectivity index (χ2n) is 4.74. The van der Waals surface area contributed by atoms with E-state index in [0.29, 0.717) is 6.21 Å². The number of esters is 1. The van der Waals surface area contributed by atoms with Gasteiger partial charge in [-0.2, -0.15) is 0 Å². The van der Waals surface area contributed by atoms with Crippen LogP contribution >= 0.6 is 0 Å². The monoisotopic (exact) mass is 367 g/mol. The number of ether oxygens (including phenoxy) is 1. The second kappa shape index (κ2) is 8.56. The van der Waals surface area contributed by atoms with Gasteiger partial charge in [0.15, 0.2) is 23.3 Å². The number of aliphatic hydroxyl groups is 2. The SMILES string of the molecule is CCOC(=O)C(C=NC(C)CO)=C(O)c1c(F)c(F)c(F)c(F)c1F. The number of benzene rings is 1. The van der Waals surface area contributed by atoms with Crippen LogP contribution < -0.4 is 0 Å². The van der Waals surface area contributed by atoms with Gasteiger partial charge in [-0.05, 0) is 13.8 Å². The van der Waals surface area contributed by atoms with Crippen molar-refractivity contribution in [2.75, 3.05) is 13.2 Å². The number of carbonyl (C=O) groups excluding carboxylic acids is 1. The fourth-order valence-electron chi connectivity index (χ4n) is 1.62. The predicted molar refractivity (Wildman–Crippen MR) is 77.5 cm³/mol. The first-order valence-corrected chi connectivity index (χ1v) is 6.93. The Morgan fingerprint density at radius 2 is 1.60 bits per heavy atom. The normalized spacial score (nSPS) is 13.8. The molecule has 1 atom stereocenters. The molecule has 0 fully saturated rings. The highest BCUT2D eigenvalue weighted by molar-refractivity contribution is 6.15. The van der Waals surface area contributed by atoms with Gasteiger partial charge in [0.1, 0.15) is 11.3 Å². The third kappa shape index (κ3) is 4.32. The van der Waals surface area contributed by atoms with Crippen LogP contribution in [-0.4, -0.2) is 41.7 Å². The van der Waals surface area contributed by atoms with Crippen LogP contribution in [0.4, 0.5) is 22.0 Å². The summed E-state index contributed by atoms with van der Waals surface area (Å²) in [7, 11) is 0. The van der Waals surface area contributed by atoms with Crippen molar-refractivity contribution in [2.45, 2.75) is 19.9 Å². The van der Waals surface area contributed by atoms with Gasteiger partial charge in [-0.25, -0.2) is 26.7 Å². The van der Waals surface area contributed by atoms with Crippen molar-refractivity contribution in [1.82, 2.24) is 0 Å². The first kappa shape index (κ1) is 20.6. The number of halogens is 5. The van der Waals surface area contributed by atoms with Crippen LogP contribution in [-0.2, 0) is 9.53 Å². The maximum Gasteiger partial charge on any atom is 0.343 e. The third-order valence-electron chi connectivity index (χ3n) is 2.92. The van der Waals surface area contributed by atoms with Gasteiger partial charge in [-0.15, -0.1) is 0 Å². The molecular weight excluding hydrogens is 353 g/mol. The van der Waals surface area contributed by atoms with E-state index in [9.17, 15) is 31.9 Å². The maximum absolute atomic E-state index is 13.8. The molecule has 0 saturated carbocycles. The van der Waals surface area contributed by atoms with Crippen molar-refractivity contribution < 1.29 is 41.7 Å². The number of carbonyl (C=O) groups is 1. The largest absolute Gasteiger partial charge is 0.506 e. The van der Waals surface area contributed by atoms with Crippen molar-refractivity contribution in [2.24, 2.45) is 4.99 Å². The molecule has 0 spiro atoms. The summed E-state index contributed by atoms with van der Waals surface area (Å²) < 4.78 is 71.7. The van der Waals surface area contributed by atoms with Gasteiger partial charge in [0.05, 0.1) is 24.8 Å². The lowest BCUT2D eigenvalue weighted by Gasteiger charge is -2.11. The number of hydrogen-bond acceptors (Lipinski definition) is 5. The molecule has 1 aromatic carbocycles. The van der Waals surface area contributed by atoms with Gasteiger partial charge in [0.25, 0.3) is 0 Å². The zero-order valence-electron chi connectivity index (χ0n) is 13.1. The molecule has 2 N–H and O–H groups in total. The number of aliphatic hydroxyl groups excluding tert-OH is 2. The molecule has 0 amide bonds. The fourth-order valence-corrected chi connectivity index (χ4v) is 1.62. The van der Waals surface area contributed by atoms with Gasteiger partial charge >= 0.3 is 5.97 Å². The van der Waals surface area contributed by atoms with Crippen LogP contribution in [0.25, 0.3) is 5.76 Å². The Kier molecular flexibility index (Phi) is 7.04. The van der Waals surface area contributed by atoms with Crippen LogP contribution in [0.2, 0.25) is 0 Å². The lowest BCUT2D eigenvalue weighted by Crippen LogP contribution is -2.15. The van der Waals surface area contributed by atoms with Crippen molar-refractivity contribution >= 4 is 17.9 Å². The van der Waals surface area contributed by atoms with Gasteiger partial charge in [-0.1, -0.05) is 0 Å². The minimum absolute atomic E-state index is 0.198. The Hall–Kier alpha value is -2.49. The van der Waals surface area contributed by atoms with Crippen molar-refractivity contribution in [3.8, 4) is 0 Å². The molecule has 1 aromatic rings. The van der Waals surface area contributed by atoms with E-state index < -0.39 is 64.6 Å². The molecule has 5 nitrogen and oxygen atoms in total. The fraction of sp³-hybridized carbons (Fsp3) is 0.333. The summed E-state index contributed by atoms with van der Waals surface area (Å²) >= 11 is 0. The van der Waals surface area contributed by atoms with E-state index in [4.69, 9.17) is 5.11 Å². The highest BCUT2D eigenvalue weighted by atomic mass is 19.2. The Labute approximate surface area is 139 Å². The third-order valence-corrected chi connectivity index (χ3v) is 2.92. The van der Waals surface area contributed by atoms with E-state index in [0.717, 1.165) is 0 Å². The van der Waals surface area contributed by atoms with E-state index in [1.165, 1.54) is 13.8 Å². The van der Waals surface area contributed by atoms with E-state index in [1.54, 1.807) is 0 Å². The highest BCUT2D eigenvalue weighted by Gasteiger charge is 2.30. The molecule has 0 heterocycles. The summed E-state index contributed by atoms with van der Waals surface area (Å²) in [6.45, 7) is 2.12. The zero-order chi connectivity index (χ0) is 19.3. The van der Waals surface area contributed by atoms with Crippen LogP contribution in [0, 0.1) is 29.1 Å². The molecule has 0 aliphatic carbocycles. The molecule has 0 aliphatic rings. The molecule has 0 aliphatic heterocycles. The molecule has 0 bridgehead atoms. The minimum atomic E-state index is -2.41. The average Bonchev–Trinajstić information content (AvgIpc) is 2.58. The zero-order valence-corrected chi connectivity index (χ0v) is 13.1. The van der Waals surface area contributed by atoms with Crippen molar-refractivity contribution in [3.63, 3.8) is 0 Å². The van der Waals surface area contributed by atoms with Crippen LogP contribution in [0.3, 0.4) is 0 Å². The first-order chi connectivity index (χ1) is 11.7.